The van der Waals surface area contributed by atoms with Gasteiger partial charge in [0.05, 0.1) is 7.11 Å². The molecule has 2 aromatic rings. The number of carbonyl (C=O) groups is 1. The van der Waals surface area contributed by atoms with E-state index in [-0.39, 0.29) is 5.91 Å². The summed E-state index contributed by atoms with van der Waals surface area (Å²) in [6.45, 7) is 2.34. The topological polar surface area (TPSA) is 47.6 Å². The van der Waals surface area contributed by atoms with Crippen LogP contribution in [0.3, 0.4) is 0 Å². The van der Waals surface area contributed by atoms with Gasteiger partial charge < -0.3 is 14.8 Å². The van der Waals surface area contributed by atoms with Crippen molar-refractivity contribution in [3.8, 4) is 11.5 Å². The SMILES string of the molecule is CCC(Oc1ccc(Cl)cc1)C(=O)NCc1cccc(OC)c1. The van der Waals surface area contributed by atoms with Crippen LogP contribution < -0.4 is 14.8 Å². The molecule has 0 spiro atoms. The fraction of sp³-hybridized carbons (Fsp3) is 0.278. The summed E-state index contributed by atoms with van der Waals surface area (Å²) >= 11 is 5.84. The van der Waals surface area contributed by atoms with Gasteiger partial charge in [0.2, 0.25) is 0 Å². The Hall–Kier alpha value is -2.20. The highest BCUT2D eigenvalue weighted by Crippen LogP contribution is 2.18. The number of carbonyl (C=O) groups excluding carboxylic acids is 1. The molecule has 4 nitrogen and oxygen atoms in total. The van der Waals surface area contributed by atoms with Gasteiger partial charge in [-0.15, -0.1) is 0 Å². The number of benzene rings is 2. The van der Waals surface area contributed by atoms with E-state index in [2.05, 4.69) is 5.32 Å². The van der Waals surface area contributed by atoms with Gasteiger partial charge in [0.1, 0.15) is 11.5 Å². The maximum atomic E-state index is 12.3. The molecular formula is C18H20ClNO3. The average Bonchev–Trinajstić information content (AvgIpc) is 2.59. The summed E-state index contributed by atoms with van der Waals surface area (Å²) in [6.07, 6.45) is 0.0359. The quantitative estimate of drug-likeness (QED) is 0.837. The molecular weight excluding hydrogens is 314 g/mol. The smallest absolute Gasteiger partial charge is 0.261 e. The summed E-state index contributed by atoms with van der Waals surface area (Å²) in [5.41, 5.74) is 0.971. The second-order valence-corrected chi connectivity index (χ2v) is 5.47. The number of rotatable bonds is 7. The highest BCUT2D eigenvalue weighted by atomic mass is 35.5. The van der Waals surface area contributed by atoms with Crippen molar-refractivity contribution >= 4 is 17.5 Å². The second kappa shape index (κ2) is 8.44. The van der Waals surface area contributed by atoms with Crippen molar-refractivity contribution < 1.29 is 14.3 Å². The van der Waals surface area contributed by atoms with Crippen molar-refractivity contribution in [1.29, 1.82) is 0 Å². The standard InChI is InChI=1S/C18H20ClNO3/c1-3-17(23-15-9-7-14(19)8-10-15)18(21)20-12-13-5-4-6-16(11-13)22-2/h4-11,17H,3,12H2,1-2H3,(H,20,21). The molecule has 1 unspecified atom stereocenters. The van der Waals surface area contributed by atoms with E-state index in [9.17, 15) is 4.79 Å². The Morgan fingerprint density at radius 2 is 1.91 bits per heavy atom. The summed E-state index contributed by atoms with van der Waals surface area (Å²) in [6, 6.07) is 14.5. The molecule has 0 aliphatic carbocycles. The Morgan fingerprint density at radius 1 is 1.17 bits per heavy atom. The van der Waals surface area contributed by atoms with Crippen LogP contribution in [0.2, 0.25) is 5.02 Å². The molecule has 0 aliphatic rings. The van der Waals surface area contributed by atoms with Crippen LogP contribution in [0.1, 0.15) is 18.9 Å². The maximum Gasteiger partial charge on any atom is 0.261 e. The van der Waals surface area contributed by atoms with Gasteiger partial charge in [-0.05, 0) is 48.4 Å². The third-order valence-electron chi connectivity index (χ3n) is 3.36. The molecule has 0 aliphatic heterocycles. The van der Waals surface area contributed by atoms with E-state index in [1.165, 1.54) is 0 Å². The number of nitrogens with one attached hydrogen (secondary N) is 1. The molecule has 2 aromatic carbocycles. The first kappa shape index (κ1) is 17.2. The normalized spacial score (nSPS) is 11.6. The lowest BCUT2D eigenvalue weighted by Crippen LogP contribution is -2.37. The molecule has 1 amide bonds. The van der Waals surface area contributed by atoms with Crippen molar-refractivity contribution in [2.24, 2.45) is 0 Å². The molecule has 0 saturated carbocycles. The van der Waals surface area contributed by atoms with Crippen LogP contribution in [0.4, 0.5) is 0 Å². The van der Waals surface area contributed by atoms with E-state index >= 15 is 0 Å². The summed E-state index contributed by atoms with van der Waals surface area (Å²) in [5, 5.41) is 3.52. The highest BCUT2D eigenvalue weighted by Gasteiger charge is 2.18. The van der Waals surface area contributed by atoms with E-state index in [4.69, 9.17) is 21.1 Å². The molecule has 0 aromatic heterocycles. The van der Waals surface area contributed by atoms with E-state index in [0.29, 0.717) is 23.7 Å². The molecule has 0 radical (unpaired) electrons. The number of methoxy groups -OCH3 is 1. The zero-order valence-electron chi connectivity index (χ0n) is 13.2. The average molecular weight is 334 g/mol. The Balaban J connectivity index is 1.92. The number of hydrogen-bond donors (Lipinski definition) is 1. The van der Waals surface area contributed by atoms with Gasteiger partial charge in [0.25, 0.3) is 5.91 Å². The number of amides is 1. The van der Waals surface area contributed by atoms with Gasteiger partial charge in [-0.25, -0.2) is 0 Å². The van der Waals surface area contributed by atoms with Crippen LogP contribution in [0.5, 0.6) is 11.5 Å². The summed E-state index contributed by atoms with van der Waals surface area (Å²) in [4.78, 5) is 12.3. The third kappa shape index (κ3) is 5.18. The van der Waals surface area contributed by atoms with Gasteiger partial charge in [0.15, 0.2) is 6.10 Å². The predicted molar refractivity (Wildman–Crippen MR) is 91.0 cm³/mol. The minimum Gasteiger partial charge on any atom is -0.497 e. The molecule has 0 bridgehead atoms. The van der Waals surface area contributed by atoms with E-state index < -0.39 is 6.10 Å². The fourth-order valence-corrected chi connectivity index (χ4v) is 2.21. The molecule has 23 heavy (non-hydrogen) atoms. The minimum absolute atomic E-state index is 0.148. The van der Waals surface area contributed by atoms with Crippen molar-refractivity contribution in [1.82, 2.24) is 5.32 Å². The largest absolute Gasteiger partial charge is 0.497 e. The van der Waals surface area contributed by atoms with Crippen LogP contribution >= 0.6 is 11.6 Å². The number of ether oxygens (including phenoxy) is 2. The third-order valence-corrected chi connectivity index (χ3v) is 3.61. The van der Waals surface area contributed by atoms with Crippen molar-refractivity contribution in [2.75, 3.05) is 7.11 Å². The molecule has 1 N–H and O–H groups in total. The van der Waals surface area contributed by atoms with Crippen LogP contribution in [-0.4, -0.2) is 19.1 Å². The minimum atomic E-state index is -0.540. The van der Waals surface area contributed by atoms with Crippen LogP contribution in [0.15, 0.2) is 48.5 Å². The molecule has 0 heterocycles. The van der Waals surface area contributed by atoms with Crippen molar-refractivity contribution in [3.05, 3.63) is 59.1 Å². The van der Waals surface area contributed by atoms with Gasteiger partial charge in [-0.3, -0.25) is 4.79 Å². The van der Waals surface area contributed by atoms with Gasteiger partial charge in [-0.1, -0.05) is 30.7 Å². The fourth-order valence-electron chi connectivity index (χ4n) is 2.09. The van der Waals surface area contributed by atoms with Gasteiger partial charge in [0, 0.05) is 11.6 Å². The lowest BCUT2D eigenvalue weighted by atomic mass is 10.2. The van der Waals surface area contributed by atoms with Crippen molar-refractivity contribution in [3.63, 3.8) is 0 Å². The Bertz CT molecular complexity index is 643. The first-order valence-electron chi connectivity index (χ1n) is 7.45. The first-order chi connectivity index (χ1) is 11.1. The lowest BCUT2D eigenvalue weighted by molar-refractivity contribution is -0.128. The van der Waals surface area contributed by atoms with Crippen LogP contribution in [0.25, 0.3) is 0 Å². The summed E-state index contributed by atoms with van der Waals surface area (Å²) < 4.78 is 10.9. The van der Waals surface area contributed by atoms with Gasteiger partial charge in [-0.2, -0.15) is 0 Å². The molecule has 122 valence electrons. The van der Waals surface area contributed by atoms with Crippen LogP contribution in [0, 0.1) is 0 Å². The molecule has 5 heteroatoms. The summed E-state index contributed by atoms with van der Waals surface area (Å²) in [7, 11) is 1.62. The van der Waals surface area contributed by atoms with E-state index in [0.717, 1.165) is 11.3 Å². The molecule has 1 atom stereocenters. The summed E-state index contributed by atoms with van der Waals surface area (Å²) in [5.74, 6) is 1.24. The predicted octanol–water partition coefficient (Wildman–Crippen LogP) is 3.82. The zero-order chi connectivity index (χ0) is 16.7. The Morgan fingerprint density at radius 3 is 2.57 bits per heavy atom. The van der Waals surface area contributed by atoms with Gasteiger partial charge >= 0.3 is 0 Å². The van der Waals surface area contributed by atoms with Crippen molar-refractivity contribution in [2.45, 2.75) is 26.0 Å². The maximum absolute atomic E-state index is 12.3. The Kier molecular flexibility index (Phi) is 6.29. The van der Waals surface area contributed by atoms with E-state index in [1.54, 1.807) is 31.4 Å². The second-order valence-electron chi connectivity index (χ2n) is 5.04. The van der Waals surface area contributed by atoms with E-state index in [1.807, 2.05) is 31.2 Å². The number of halogens is 1. The zero-order valence-corrected chi connectivity index (χ0v) is 14.0. The monoisotopic (exact) mass is 333 g/mol. The van der Waals surface area contributed by atoms with Crippen LogP contribution in [-0.2, 0) is 11.3 Å². The first-order valence-corrected chi connectivity index (χ1v) is 7.83. The molecule has 0 fully saturated rings. The molecule has 0 saturated heterocycles. The Labute approximate surface area is 141 Å². The molecule has 2 rings (SSSR count). The lowest BCUT2D eigenvalue weighted by Gasteiger charge is -2.17. The number of hydrogen-bond acceptors (Lipinski definition) is 3. The highest BCUT2D eigenvalue weighted by molar-refractivity contribution is 6.30.